The van der Waals surface area contributed by atoms with Gasteiger partial charge in [0.05, 0.1) is 0 Å². The Morgan fingerprint density at radius 1 is 0.339 bits per heavy atom. The molecule has 0 N–H and O–H groups in total. The van der Waals surface area contributed by atoms with E-state index in [4.69, 9.17) is 19.4 Å². The third-order valence-electron chi connectivity index (χ3n) is 11.1. The average Bonchev–Trinajstić information content (AvgIpc) is 3.84. The minimum absolute atomic E-state index is 0.611. The van der Waals surface area contributed by atoms with E-state index in [-0.39, 0.29) is 0 Å². The predicted molar refractivity (Wildman–Crippen MR) is 234 cm³/mol. The SMILES string of the molecule is c1ccc(-c2nc(-c3cccc4oc5ccccc5c34)nc(-c3cccc4sc5ccc(-c6ccc7c(ccc8c9ccccc9ccc78)c6)cc5c34)n2)cc1. The standard InChI is InChI=1S/C51H29N3OS/c1-2-11-31(12-3-1)49-52-50(40-15-8-18-44-47(40)39-14-6-7-17-43(39)55-44)54-51(53-49)41-16-9-19-46-48(41)42-29-33(23-27-45(42)56-46)32-21-24-36-34(28-32)22-26-37-35-13-5-4-10-30(35)20-25-38(36)37/h1-29H. The number of rotatable bonds is 4. The maximum absolute atomic E-state index is 6.28. The predicted octanol–water partition coefficient (Wildman–Crippen LogP) is 14.3. The lowest BCUT2D eigenvalue weighted by molar-refractivity contribution is 0.669. The van der Waals surface area contributed by atoms with Crippen molar-refractivity contribution in [1.29, 1.82) is 0 Å². The number of nitrogens with zero attached hydrogens (tertiary/aromatic N) is 3. The van der Waals surface area contributed by atoms with Crippen LogP contribution >= 0.6 is 11.3 Å². The molecule has 12 aromatic rings. The summed E-state index contributed by atoms with van der Waals surface area (Å²) in [5, 5.41) is 12.0. The lowest BCUT2D eigenvalue weighted by Gasteiger charge is -2.11. The van der Waals surface area contributed by atoms with Gasteiger partial charge in [0, 0.05) is 47.6 Å². The Labute approximate surface area is 325 Å². The van der Waals surface area contributed by atoms with Crippen LogP contribution in [0.1, 0.15) is 0 Å². The minimum atomic E-state index is 0.611. The Balaban J connectivity index is 1.04. The summed E-state index contributed by atoms with van der Waals surface area (Å²) >= 11 is 1.80. The molecule has 0 aliphatic carbocycles. The van der Waals surface area contributed by atoms with E-state index in [0.29, 0.717) is 17.5 Å². The third-order valence-corrected chi connectivity index (χ3v) is 12.3. The van der Waals surface area contributed by atoms with Gasteiger partial charge < -0.3 is 4.42 Å². The fraction of sp³-hybridized carbons (Fsp3) is 0. The zero-order valence-electron chi connectivity index (χ0n) is 29.9. The van der Waals surface area contributed by atoms with Crippen molar-refractivity contribution in [3.63, 3.8) is 0 Å². The second-order valence-corrected chi connectivity index (χ2v) is 15.4. The van der Waals surface area contributed by atoms with Gasteiger partial charge in [-0.2, -0.15) is 0 Å². The molecule has 0 aliphatic rings. The Hall–Kier alpha value is -7.21. The highest BCUT2D eigenvalue weighted by atomic mass is 32.1. The van der Waals surface area contributed by atoms with Crippen LogP contribution in [0.25, 0.3) is 120 Å². The van der Waals surface area contributed by atoms with Gasteiger partial charge in [-0.15, -0.1) is 11.3 Å². The molecule has 56 heavy (non-hydrogen) atoms. The molecule has 0 aliphatic heterocycles. The van der Waals surface area contributed by atoms with Gasteiger partial charge in [-0.05, 0) is 79.8 Å². The van der Waals surface area contributed by atoms with E-state index in [1.807, 2.05) is 48.5 Å². The van der Waals surface area contributed by atoms with Gasteiger partial charge in [0.1, 0.15) is 11.2 Å². The molecule has 3 aromatic heterocycles. The number of hydrogen-bond donors (Lipinski definition) is 0. The van der Waals surface area contributed by atoms with Crippen LogP contribution in [0.3, 0.4) is 0 Å². The summed E-state index contributed by atoms with van der Waals surface area (Å²) < 4.78 is 8.69. The highest BCUT2D eigenvalue weighted by Gasteiger charge is 2.20. The number of aromatic nitrogens is 3. The molecule has 0 saturated carbocycles. The van der Waals surface area contributed by atoms with Crippen LogP contribution in [0.15, 0.2) is 180 Å². The van der Waals surface area contributed by atoms with Crippen LogP contribution in [0.4, 0.5) is 0 Å². The van der Waals surface area contributed by atoms with E-state index in [9.17, 15) is 0 Å². The maximum Gasteiger partial charge on any atom is 0.164 e. The fourth-order valence-corrected chi connectivity index (χ4v) is 9.61. The van der Waals surface area contributed by atoms with Crippen molar-refractivity contribution < 1.29 is 4.42 Å². The zero-order valence-corrected chi connectivity index (χ0v) is 30.7. The topological polar surface area (TPSA) is 51.8 Å². The highest BCUT2D eigenvalue weighted by molar-refractivity contribution is 7.26. The zero-order chi connectivity index (χ0) is 36.7. The van der Waals surface area contributed by atoms with Crippen LogP contribution in [-0.2, 0) is 0 Å². The normalized spacial score (nSPS) is 11.9. The Morgan fingerprint density at radius 2 is 0.964 bits per heavy atom. The largest absolute Gasteiger partial charge is 0.456 e. The number of benzene rings is 9. The molecule has 9 aromatic carbocycles. The van der Waals surface area contributed by atoms with E-state index < -0.39 is 0 Å². The summed E-state index contributed by atoms with van der Waals surface area (Å²) in [6.45, 7) is 0. The molecular formula is C51H29N3OS. The monoisotopic (exact) mass is 731 g/mol. The van der Waals surface area contributed by atoms with Crippen molar-refractivity contribution in [2.24, 2.45) is 0 Å². The first kappa shape index (κ1) is 31.2. The van der Waals surface area contributed by atoms with E-state index in [2.05, 4.69) is 127 Å². The summed E-state index contributed by atoms with van der Waals surface area (Å²) in [4.78, 5) is 15.6. The number of furan rings is 1. The number of hydrogen-bond acceptors (Lipinski definition) is 5. The quantitative estimate of drug-likeness (QED) is 0.169. The summed E-state index contributed by atoms with van der Waals surface area (Å²) in [5.41, 5.74) is 6.83. The number of thiophene rings is 1. The summed E-state index contributed by atoms with van der Waals surface area (Å²) in [7, 11) is 0. The first-order chi connectivity index (χ1) is 27.7. The maximum atomic E-state index is 6.28. The second kappa shape index (κ2) is 12.2. The van der Waals surface area contributed by atoms with Gasteiger partial charge in [-0.1, -0.05) is 140 Å². The van der Waals surface area contributed by atoms with Crippen molar-refractivity contribution >= 4 is 85.8 Å². The first-order valence-electron chi connectivity index (χ1n) is 18.8. The molecule has 0 radical (unpaired) electrons. The van der Waals surface area contributed by atoms with Gasteiger partial charge in [0.25, 0.3) is 0 Å². The lowest BCUT2D eigenvalue weighted by atomic mass is 9.94. The number of para-hydroxylation sites is 1. The van der Waals surface area contributed by atoms with Crippen LogP contribution < -0.4 is 0 Å². The molecule has 0 bridgehead atoms. The average molecular weight is 732 g/mol. The van der Waals surface area contributed by atoms with E-state index >= 15 is 0 Å². The molecule has 4 nitrogen and oxygen atoms in total. The van der Waals surface area contributed by atoms with Gasteiger partial charge in [0.2, 0.25) is 0 Å². The molecule has 260 valence electrons. The van der Waals surface area contributed by atoms with Gasteiger partial charge >= 0.3 is 0 Å². The first-order valence-corrected chi connectivity index (χ1v) is 19.6. The van der Waals surface area contributed by atoms with Crippen LogP contribution in [0.2, 0.25) is 0 Å². The summed E-state index contributed by atoms with van der Waals surface area (Å²) in [6.07, 6.45) is 0. The van der Waals surface area contributed by atoms with Crippen molar-refractivity contribution in [2.75, 3.05) is 0 Å². The van der Waals surface area contributed by atoms with Crippen molar-refractivity contribution in [3.05, 3.63) is 176 Å². The fourth-order valence-electron chi connectivity index (χ4n) is 8.50. The van der Waals surface area contributed by atoms with Crippen LogP contribution in [0, 0.1) is 0 Å². The molecule has 3 heterocycles. The molecule has 0 saturated heterocycles. The smallest absolute Gasteiger partial charge is 0.164 e. The van der Waals surface area contributed by atoms with Gasteiger partial charge in [-0.3, -0.25) is 0 Å². The number of fused-ring (bicyclic) bond motifs is 11. The minimum Gasteiger partial charge on any atom is -0.456 e. The third kappa shape index (κ3) is 4.81. The van der Waals surface area contributed by atoms with Crippen LogP contribution in [0.5, 0.6) is 0 Å². The van der Waals surface area contributed by atoms with E-state index in [1.54, 1.807) is 11.3 Å². The van der Waals surface area contributed by atoms with Gasteiger partial charge in [0.15, 0.2) is 17.5 Å². The van der Waals surface area contributed by atoms with Gasteiger partial charge in [-0.25, -0.2) is 15.0 Å². The molecule has 0 fully saturated rings. The molecule has 0 spiro atoms. The Bertz CT molecular complexity index is 3550. The Morgan fingerprint density at radius 3 is 1.82 bits per heavy atom. The van der Waals surface area contributed by atoms with E-state index in [1.165, 1.54) is 58.2 Å². The van der Waals surface area contributed by atoms with Crippen molar-refractivity contribution in [3.8, 4) is 45.3 Å². The Kier molecular flexibility index (Phi) is 6.76. The molecule has 12 rings (SSSR count). The summed E-state index contributed by atoms with van der Waals surface area (Å²) in [6, 6.07) is 62.2. The van der Waals surface area contributed by atoms with E-state index in [0.717, 1.165) is 44.0 Å². The van der Waals surface area contributed by atoms with Crippen molar-refractivity contribution in [2.45, 2.75) is 0 Å². The molecule has 5 heteroatoms. The molecule has 0 amide bonds. The molecule has 0 unspecified atom stereocenters. The second-order valence-electron chi connectivity index (χ2n) is 14.3. The van der Waals surface area contributed by atoms with Crippen molar-refractivity contribution in [1.82, 2.24) is 15.0 Å². The van der Waals surface area contributed by atoms with Crippen LogP contribution in [-0.4, -0.2) is 15.0 Å². The highest BCUT2D eigenvalue weighted by Crippen LogP contribution is 2.43. The molecular weight excluding hydrogens is 703 g/mol. The summed E-state index contributed by atoms with van der Waals surface area (Å²) in [5.74, 6) is 1.88. The molecule has 0 atom stereocenters. The lowest BCUT2D eigenvalue weighted by Crippen LogP contribution is -2.00.